The third kappa shape index (κ3) is 4.72. The van der Waals surface area contributed by atoms with Gasteiger partial charge in [0.25, 0.3) is 0 Å². The molecule has 0 heterocycles. The summed E-state index contributed by atoms with van der Waals surface area (Å²) in [6, 6.07) is 16.3. The summed E-state index contributed by atoms with van der Waals surface area (Å²) in [6.07, 6.45) is -6.58. The molecule has 1 unspecified atom stereocenters. The van der Waals surface area contributed by atoms with E-state index in [9.17, 15) is 18.0 Å². The SMILES string of the molecule is O=C(c1ccccc1)C(Cc1ccccc1)OC(F)(F)F. The molecule has 0 fully saturated rings. The average molecular weight is 294 g/mol. The van der Waals surface area contributed by atoms with E-state index < -0.39 is 18.2 Å². The van der Waals surface area contributed by atoms with Gasteiger partial charge in [-0.15, -0.1) is 13.2 Å². The van der Waals surface area contributed by atoms with E-state index in [2.05, 4.69) is 4.74 Å². The molecule has 2 aromatic rings. The van der Waals surface area contributed by atoms with E-state index in [1.807, 2.05) is 0 Å². The lowest BCUT2D eigenvalue weighted by Crippen LogP contribution is -2.33. The van der Waals surface area contributed by atoms with Crippen LogP contribution in [0.4, 0.5) is 13.2 Å². The first-order valence-corrected chi connectivity index (χ1v) is 6.33. The molecule has 0 aromatic heterocycles. The fourth-order valence-corrected chi connectivity index (χ4v) is 1.97. The zero-order chi connectivity index (χ0) is 15.3. The van der Waals surface area contributed by atoms with Crippen LogP contribution in [0.1, 0.15) is 15.9 Å². The Bertz CT molecular complexity index is 579. The molecular formula is C16H13F3O2. The van der Waals surface area contributed by atoms with Gasteiger partial charge in [-0.1, -0.05) is 60.7 Å². The molecule has 110 valence electrons. The summed E-state index contributed by atoms with van der Waals surface area (Å²) in [5.74, 6) is -0.684. The first-order chi connectivity index (χ1) is 9.96. The van der Waals surface area contributed by atoms with Gasteiger partial charge in [-0.2, -0.15) is 0 Å². The normalized spacial score (nSPS) is 12.9. The zero-order valence-corrected chi connectivity index (χ0v) is 11.0. The highest BCUT2D eigenvalue weighted by Crippen LogP contribution is 2.23. The molecule has 0 aliphatic rings. The number of rotatable bonds is 5. The van der Waals surface area contributed by atoms with Crippen molar-refractivity contribution in [3.05, 3.63) is 71.8 Å². The highest BCUT2D eigenvalue weighted by molar-refractivity contribution is 5.99. The van der Waals surface area contributed by atoms with Crippen LogP contribution < -0.4 is 0 Å². The lowest BCUT2D eigenvalue weighted by atomic mass is 10.00. The van der Waals surface area contributed by atoms with Gasteiger partial charge in [-0.3, -0.25) is 9.53 Å². The van der Waals surface area contributed by atoms with Crippen molar-refractivity contribution in [3.63, 3.8) is 0 Å². The maximum Gasteiger partial charge on any atom is 0.523 e. The third-order valence-corrected chi connectivity index (χ3v) is 2.89. The minimum Gasteiger partial charge on any atom is -0.291 e. The lowest BCUT2D eigenvalue weighted by molar-refractivity contribution is -0.334. The summed E-state index contributed by atoms with van der Waals surface area (Å²) in [4.78, 5) is 12.2. The van der Waals surface area contributed by atoms with Crippen LogP contribution in [0.25, 0.3) is 0 Å². The largest absolute Gasteiger partial charge is 0.523 e. The van der Waals surface area contributed by atoms with E-state index in [1.165, 1.54) is 12.1 Å². The molecular weight excluding hydrogens is 281 g/mol. The van der Waals surface area contributed by atoms with E-state index in [4.69, 9.17) is 0 Å². The molecule has 0 radical (unpaired) electrons. The number of halogens is 3. The van der Waals surface area contributed by atoms with Crippen LogP contribution in [-0.2, 0) is 11.2 Å². The predicted octanol–water partition coefficient (Wildman–Crippen LogP) is 4.02. The smallest absolute Gasteiger partial charge is 0.291 e. The van der Waals surface area contributed by atoms with Crippen LogP contribution in [0.15, 0.2) is 60.7 Å². The van der Waals surface area contributed by atoms with Crippen molar-refractivity contribution in [2.24, 2.45) is 0 Å². The number of Topliss-reactive ketones (excluding diaryl/α,β-unsaturated/α-hetero) is 1. The van der Waals surface area contributed by atoms with Crippen LogP contribution in [0.3, 0.4) is 0 Å². The molecule has 0 N–H and O–H groups in total. The zero-order valence-electron chi connectivity index (χ0n) is 11.0. The van der Waals surface area contributed by atoms with Gasteiger partial charge in [-0.25, -0.2) is 0 Å². The lowest BCUT2D eigenvalue weighted by Gasteiger charge is -2.18. The van der Waals surface area contributed by atoms with Crippen molar-refractivity contribution in [2.75, 3.05) is 0 Å². The van der Waals surface area contributed by atoms with Crippen molar-refractivity contribution in [1.82, 2.24) is 0 Å². The Kier molecular flexibility index (Phi) is 4.75. The summed E-state index contributed by atoms with van der Waals surface area (Å²) in [5.41, 5.74) is 0.804. The van der Waals surface area contributed by atoms with Crippen molar-refractivity contribution in [1.29, 1.82) is 0 Å². The molecule has 0 aliphatic heterocycles. The fourth-order valence-electron chi connectivity index (χ4n) is 1.97. The molecule has 0 saturated carbocycles. The number of ketones is 1. The topological polar surface area (TPSA) is 26.3 Å². The van der Waals surface area contributed by atoms with Gasteiger partial charge in [0.1, 0.15) is 6.10 Å². The first kappa shape index (κ1) is 15.3. The minimum atomic E-state index is -4.86. The second-order valence-electron chi connectivity index (χ2n) is 4.47. The number of benzene rings is 2. The molecule has 21 heavy (non-hydrogen) atoms. The third-order valence-electron chi connectivity index (χ3n) is 2.89. The molecule has 0 amide bonds. The van der Waals surface area contributed by atoms with Crippen LogP contribution in [0.2, 0.25) is 0 Å². The Labute approximate surface area is 120 Å². The van der Waals surface area contributed by atoms with Gasteiger partial charge in [0.2, 0.25) is 0 Å². The summed E-state index contributed by atoms with van der Waals surface area (Å²) >= 11 is 0. The van der Waals surface area contributed by atoms with E-state index >= 15 is 0 Å². The van der Waals surface area contributed by atoms with Crippen molar-refractivity contribution in [3.8, 4) is 0 Å². The number of carbonyl (C=O) groups excluding carboxylic acids is 1. The standard InChI is InChI=1S/C16H13F3O2/c17-16(18,19)21-14(11-12-7-3-1-4-8-12)15(20)13-9-5-2-6-10-13/h1-10,14H,11H2. The Morgan fingerprint density at radius 1 is 0.952 bits per heavy atom. The number of hydrogen-bond donors (Lipinski definition) is 0. The molecule has 1 atom stereocenters. The maximum absolute atomic E-state index is 12.5. The number of ether oxygens (including phenoxy) is 1. The van der Waals surface area contributed by atoms with Gasteiger partial charge < -0.3 is 0 Å². The summed E-state index contributed by atoms with van der Waals surface area (Å²) in [6.45, 7) is 0. The van der Waals surface area contributed by atoms with Gasteiger partial charge in [-0.05, 0) is 5.56 Å². The summed E-state index contributed by atoms with van der Waals surface area (Å²) in [7, 11) is 0. The van der Waals surface area contributed by atoms with E-state index in [1.54, 1.807) is 48.5 Å². The second kappa shape index (κ2) is 6.54. The summed E-state index contributed by atoms with van der Waals surface area (Å²) in [5, 5.41) is 0. The number of alkyl halides is 3. The average Bonchev–Trinajstić information content (AvgIpc) is 2.46. The Morgan fingerprint density at radius 3 is 2.00 bits per heavy atom. The molecule has 0 bridgehead atoms. The Balaban J connectivity index is 2.22. The fraction of sp³-hybridized carbons (Fsp3) is 0.188. The van der Waals surface area contributed by atoms with Crippen LogP contribution >= 0.6 is 0 Å². The van der Waals surface area contributed by atoms with Gasteiger partial charge in [0, 0.05) is 12.0 Å². The van der Waals surface area contributed by atoms with Crippen molar-refractivity contribution >= 4 is 5.78 Å². The summed E-state index contributed by atoms with van der Waals surface area (Å²) < 4.78 is 41.5. The van der Waals surface area contributed by atoms with Gasteiger partial charge in [0.15, 0.2) is 5.78 Å². The Hall–Kier alpha value is -2.14. The highest BCUT2D eigenvalue weighted by atomic mass is 19.4. The van der Waals surface area contributed by atoms with Crippen LogP contribution in [-0.4, -0.2) is 18.2 Å². The van der Waals surface area contributed by atoms with E-state index in [0.29, 0.717) is 5.56 Å². The molecule has 5 heteroatoms. The van der Waals surface area contributed by atoms with Gasteiger partial charge in [0.05, 0.1) is 0 Å². The quantitative estimate of drug-likeness (QED) is 0.779. The molecule has 0 aliphatic carbocycles. The maximum atomic E-state index is 12.5. The molecule has 0 saturated heterocycles. The second-order valence-corrected chi connectivity index (χ2v) is 4.47. The molecule has 0 spiro atoms. The minimum absolute atomic E-state index is 0.131. The van der Waals surface area contributed by atoms with Crippen LogP contribution in [0, 0.1) is 0 Å². The van der Waals surface area contributed by atoms with E-state index in [-0.39, 0.29) is 12.0 Å². The first-order valence-electron chi connectivity index (χ1n) is 6.33. The highest BCUT2D eigenvalue weighted by Gasteiger charge is 2.37. The molecule has 2 nitrogen and oxygen atoms in total. The molecule has 2 aromatic carbocycles. The van der Waals surface area contributed by atoms with Crippen molar-refractivity contribution < 1.29 is 22.7 Å². The van der Waals surface area contributed by atoms with Crippen LogP contribution in [0.5, 0.6) is 0 Å². The number of carbonyl (C=O) groups is 1. The van der Waals surface area contributed by atoms with E-state index in [0.717, 1.165) is 0 Å². The Morgan fingerprint density at radius 2 is 1.48 bits per heavy atom. The van der Waals surface area contributed by atoms with Gasteiger partial charge >= 0.3 is 6.36 Å². The monoisotopic (exact) mass is 294 g/mol. The number of hydrogen-bond acceptors (Lipinski definition) is 2. The molecule has 2 rings (SSSR count). The van der Waals surface area contributed by atoms with Crippen molar-refractivity contribution in [2.45, 2.75) is 18.9 Å². The predicted molar refractivity (Wildman–Crippen MR) is 71.8 cm³/mol.